The number of hydrogen-bond acceptors (Lipinski definition) is 4. The second-order valence-electron chi connectivity index (χ2n) is 4.38. The van der Waals surface area contributed by atoms with E-state index in [0.29, 0.717) is 0 Å². The Kier molecular flexibility index (Phi) is 7.26. The summed E-state index contributed by atoms with van der Waals surface area (Å²) in [5.74, 6) is -12.7. The zero-order valence-corrected chi connectivity index (χ0v) is 14.1. The van der Waals surface area contributed by atoms with Crippen LogP contribution in [0.1, 0.15) is 24.2 Å². The molecule has 0 atom stereocenters. The maximum Gasteiger partial charge on any atom is 0.520 e. The third kappa shape index (κ3) is 4.09. The van der Waals surface area contributed by atoms with Crippen molar-refractivity contribution in [3.63, 3.8) is 0 Å². The number of amides is 1. The van der Waals surface area contributed by atoms with Crippen LogP contribution in [0.25, 0.3) is 0 Å². The zero-order chi connectivity index (χ0) is 18.5. The molecule has 1 rings (SSSR count). The van der Waals surface area contributed by atoms with Crippen molar-refractivity contribution in [2.45, 2.75) is 13.8 Å². The molecule has 11 heteroatoms. The first-order valence-electron chi connectivity index (χ1n) is 6.87. The quantitative estimate of drug-likeness (QED) is 0.329. The molecule has 0 saturated heterocycles. The summed E-state index contributed by atoms with van der Waals surface area (Å²) in [5.41, 5.74) is -1.58. The zero-order valence-electron chi connectivity index (χ0n) is 13.1. The van der Waals surface area contributed by atoms with Gasteiger partial charge in [0.25, 0.3) is 5.91 Å². The molecule has 136 valence electrons. The molecule has 0 aromatic heterocycles. The smallest absolute Gasteiger partial charge is 0.376 e. The lowest BCUT2D eigenvalue weighted by atomic mass is 10.1. The van der Waals surface area contributed by atoms with Gasteiger partial charge in [0, 0.05) is 20.3 Å². The maximum atomic E-state index is 13.6. The Morgan fingerprint density at radius 1 is 0.917 bits per heavy atom. The largest absolute Gasteiger partial charge is 0.520 e. The molecule has 0 radical (unpaired) electrons. The first kappa shape index (κ1) is 20.5. The molecular weight excluding hydrogens is 357 g/mol. The van der Waals surface area contributed by atoms with Crippen LogP contribution in [0.5, 0.6) is 0 Å². The van der Waals surface area contributed by atoms with Gasteiger partial charge in [-0.15, -0.1) is 0 Å². The molecule has 0 fully saturated rings. The van der Waals surface area contributed by atoms with Gasteiger partial charge in [-0.05, 0) is 13.8 Å². The third-order valence-corrected chi connectivity index (χ3v) is 5.63. The van der Waals surface area contributed by atoms with Gasteiger partial charge in [0.2, 0.25) is 5.82 Å². The van der Waals surface area contributed by atoms with Gasteiger partial charge in [-0.3, -0.25) is 4.79 Å². The predicted molar refractivity (Wildman–Crippen MR) is 74.6 cm³/mol. The number of halogens is 5. The lowest BCUT2D eigenvalue weighted by Crippen LogP contribution is -2.55. The normalized spacial score (nSPS) is 11.7. The SMILES string of the molecule is CCO[Si](CNC(=O)c1c(F)c(F)c(F)c(F)c1F)(OC)OCC. The van der Waals surface area contributed by atoms with Crippen LogP contribution in [-0.4, -0.2) is 41.2 Å². The van der Waals surface area contributed by atoms with Crippen LogP contribution < -0.4 is 5.32 Å². The molecule has 0 heterocycles. The molecular formula is C13H16F5NO4Si. The first-order valence-corrected chi connectivity index (χ1v) is 8.80. The Morgan fingerprint density at radius 2 is 1.33 bits per heavy atom. The molecule has 1 aromatic rings. The Balaban J connectivity index is 3.08. The molecule has 24 heavy (non-hydrogen) atoms. The van der Waals surface area contributed by atoms with Crippen LogP contribution in [0.4, 0.5) is 22.0 Å². The van der Waals surface area contributed by atoms with E-state index < -0.39 is 55.5 Å². The average molecular weight is 373 g/mol. The fourth-order valence-electron chi connectivity index (χ4n) is 1.85. The fourth-order valence-corrected chi connectivity index (χ4v) is 3.78. The van der Waals surface area contributed by atoms with Crippen molar-refractivity contribution in [3.8, 4) is 0 Å². The summed E-state index contributed by atoms with van der Waals surface area (Å²) in [4.78, 5) is 11.9. The fraction of sp³-hybridized carbons (Fsp3) is 0.462. The maximum absolute atomic E-state index is 13.6. The summed E-state index contributed by atoms with van der Waals surface area (Å²) in [7, 11) is -2.12. The summed E-state index contributed by atoms with van der Waals surface area (Å²) in [6.45, 7) is 3.59. The topological polar surface area (TPSA) is 56.8 Å². The minimum atomic E-state index is -3.38. The van der Waals surface area contributed by atoms with E-state index in [1.165, 1.54) is 7.11 Å². The molecule has 0 aliphatic carbocycles. The average Bonchev–Trinajstić information content (AvgIpc) is 2.56. The van der Waals surface area contributed by atoms with Gasteiger partial charge in [0.15, 0.2) is 23.3 Å². The molecule has 1 aromatic carbocycles. The van der Waals surface area contributed by atoms with Crippen molar-refractivity contribution in [1.29, 1.82) is 0 Å². The molecule has 0 unspecified atom stereocenters. The summed E-state index contributed by atoms with van der Waals surface area (Å²) < 4.78 is 82.2. The lowest BCUT2D eigenvalue weighted by Gasteiger charge is -2.27. The Bertz CT molecular complexity index is 582. The highest BCUT2D eigenvalue weighted by molar-refractivity contribution is 6.61. The van der Waals surface area contributed by atoms with E-state index in [-0.39, 0.29) is 13.2 Å². The number of nitrogens with one attached hydrogen (secondary N) is 1. The van der Waals surface area contributed by atoms with E-state index in [4.69, 9.17) is 13.3 Å². The Labute approximate surface area is 136 Å². The Morgan fingerprint density at radius 3 is 1.71 bits per heavy atom. The van der Waals surface area contributed by atoms with E-state index in [9.17, 15) is 26.7 Å². The number of benzene rings is 1. The van der Waals surface area contributed by atoms with Crippen LogP contribution in [0.2, 0.25) is 0 Å². The van der Waals surface area contributed by atoms with Gasteiger partial charge in [-0.25, -0.2) is 22.0 Å². The minimum Gasteiger partial charge on any atom is -0.376 e. The molecule has 5 nitrogen and oxygen atoms in total. The number of carbonyl (C=O) groups is 1. The van der Waals surface area contributed by atoms with Crippen LogP contribution in [0.15, 0.2) is 0 Å². The number of hydrogen-bond donors (Lipinski definition) is 1. The second-order valence-corrected chi connectivity index (χ2v) is 7.09. The van der Waals surface area contributed by atoms with Crippen LogP contribution in [0.3, 0.4) is 0 Å². The van der Waals surface area contributed by atoms with Crippen molar-refractivity contribution in [2.24, 2.45) is 0 Å². The standard InChI is InChI=1S/C13H16F5NO4Si/c1-4-22-24(21-3,23-5-2)6-19-13(20)7-8(14)10(16)12(18)11(17)9(7)15/h4-6H2,1-3H3,(H,19,20). The van der Waals surface area contributed by atoms with E-state index in [1.807, 2.05) is 5.32 Å². The van der Waals surface area contributed by atoms with E-state index in [1.54, 1.807) is 13.8 Å². The van der Waals surface area contributed by atoms with Gasteiger partial charge in [0.1, 0.15) is 5.56 Å². The van der Waals surface area contributed by atoms with Crippen LogP contribution >= 0.6 is 0 Å². The highest BCUT2D eigenvalue weighted by Crippen LogP contribution is 2.23. The summed E-state index contributed by atoms with van der Waals surface area (Å²) >= 11 is 0. The van der Waals surface area contributed by atoms with Crippen molar-refractivity contribution >= 4 is 14.7 Å². The Hall–Kier alpha value is -1.56. The van der Waals surface area contributed by atoms with Crippen LogP contribution in [-0.2, 0) is 13.3 Å². The van der Waals surface area contributed by atoms with Gasteiger partial charge >= 0.3 is 8.80 Å². The predicted octanol–water partition coefficient (Wildman–Crippen LogP) is 2.31. The van der Waals surface area contributed by atoms with Crippen molar-refractivity contribution in [2.75, 3.05) is 26.5 Å². The minimum absolute atomic E-state index is 0.165. The number of rotatable bonds is 8. The molecule has 0 bridgehead atoms. The summed E-state index contributed by atoms with van der Waals surface area (Å²) in [6.07, 6.45) is -0.413. The van der Waals surface area contributed by atoms with Gasteiger partial charge in [-0.1, -0.05) is 0 Å². The van der Waals surface area contributed by atoms with E-state index >= 15 is 0 Å². The van der Waals surface area contributed by atoms with Crippen LogP contribution in [0, 0.1) is 29.1 Å². The van der Waals surface area contributed by atoms with E-state index in [0.717, 1.165) is 0 Å². The molecule has 0 spiro atoms. The molecule has 1 amide bonds. The third-order valence-electron chi connectivity index (χ3n) is 2.94. The lowest BCUT2D eigenvalue weighted by molar-refractivity contribution is 0.0787. The molecule has 1 N–H and O–H groups in total. The number of carbonyl (C=O) groups excluding carboxylic acids is 1. The summed E-state index contributed by atoms with van der Waals surface area (Å²) in [6, 6.07) is 0. The highest BCUT2D eigenvalue weighted by Gasteiger charge is 2.41. The van der Waals surface area contributed by atoms with Gasteiger partial charge in [0.05, 0.1) is 6.17 Å². The van der Waals surface area contributed by atoms with Crippen molar-refractivity contribution in [1.82, 2.24) is 5.32 Å². The van der Waals surface area contributed by atoms with Gasteiger partial charge in [-0.2, -0.15) is 0 Å². The van der Waals surface area contributed by atoms with Gasteiger partial charge < -0.3 is 18.6 Å². The van der Waals surface area contributed by atoms with Crippen molar-refractivity contribution < 1.29 is 40.0 Å². The molecule has 0 saturated carbocycles. The monoisotopic (exact) mass is 373 g/mol. The molecule has 0 aliphatic rings. The highest BCUT2D eigenvalue weighted by atomic mass is 28.4. The second kappa shape index (κ2) is 8.51. The first-order chi connectivity index (χ1) is 11.2. The van der Waals surface area contributed by atoms with E-state index in [2.05, 4.69) is 0 Å². The molecule has 0 aliphatic heterocycles. The van der Waals surface area contributed by atoms with Crippen molar-refractivity contribution in [3.05, 3.63) is 34.6 Å². The summed E-state index contributed by atoms with van der Waals surface area (Å²) in [5, 5.41) is 2.03.